The standard InChI is InChI=1S/C21H22BrNO3S/c1-2-3-4-7-15-14-20(18-8-5-6-9-19(18)21(15)24)23-27(25,26)17-12-10-16(22)11-13-17/h5-6,8-14,23-24H,2-4,7H2,1H3. The Labute approximate surface area is 168 Å². The highest BCUT2D eigenvalue weighted by molar-refractivity contribution is 9.10. The van der Waals surface area contributed by atoms with Crippen molar-refractivity contribution >= 4 is 42.4 Å². The van der Waals surface area contributed by atoms with Crippen molar-refractivity contribution in [1.29, 1.82) is 0 Å². The molecule has 0 saturated carbocycles. The molecule has 6 heteroatoms. The Balaban J connectivity index is 2.04. The molecule has 3 aromatic rings. The lowest BCUT2D eigenvalue weighted by Gasteiger charge is -2.15. The molecule has 0 aliphatic carbocycles. The first-order valence-corrected chi connectivity index (χ1v) is 11.2. The highest BCUT2D eigenvalue weighted by Gasteiger charge is 2.18. The van der Waals surface area contributed by atoms with Gasteiger partial charge >= 0.3 is 0 Å². The van der Waals surface area contributed by atoms with Crippen molar-refractivity contribution in [1.82, 2.24) is 0 Å². The molecule has 0 aliphatic heterocycles. The summed E-state index contributed by atoms with van der Waals surface area (Å²) in [5, 5.41) is 12.0. The summed E-state index contributed by atoms with van der Waals surface area (Å²) in [6.45, 7) is 2.12. The monoisotopic (exact) mass is 447 g/mol. The molecule has 0 saturated heterocycles. The Kier molecular flexibility index (Phi) is 6.07. The van der Waals surface area contributed by atoms with Gasteiger partial charge in [-0.1, -0.05) is 60.0 Å². The predicted molar refractivity (Wildman–Crippen MR) is 114 cm³/mol. The summed E-state index contributed by atoms with van der Waals surface area (Å²) in [6, 6.07) is 15.5. The second-order valence-electron chi connectivity index (χ2n) is 6.49. The first kappa shape index (κ1) is 19.7. The normalized spacial score (nSPS) is 11.6. The number of halogens is 1. The van der Waals surface area contributed by atoms with Crippen molar-refractivity contribution in [2.45, 2.75) is 37.5 Å². The Morgan fingerprint density at radius 1 is 1.00 bits per heavy atom. The van der Waals surface area contributed by atoms with Crippen molar-refractivity contribution in [3.8, 4) is 5.75 Å². The molecular weight excluding hydrogens is 426 g/mol. The summed E-state index contributed by atoms with van der Waals surface area (Å²) < 4.78 is 29.2. The minimum atomic E-state index is -3.73. The van der Waals surface area contributed by atoms with Gasteiger partial charge in [-0.25, -0.2) is 8.42 Å². The third kappa shape index (κ3) is 4.45. The second kappa shape index (κ2) is 8.31. The smallest absolute Gasteiger partial charge is 0.261 e. The number of rotatable bonds is 7. The van der Waals surface area contributed by atoms with Crippen LogP contribution >= 0.6 is 15.9 Å². The molecule has 0 fully saturated rings. The van der Waals surface area contributed by atoms with E-state index in [2.05, 4.69) is 27.6 Å². The van der Waals surface area contributed by atoms with Gasteiger partial charge in [0.15, 0.2) is 0 Å². The van der Waals surface area contributed by atoms with Crippen molar-refractivity contribution in [2.75, 3.05) is 4.72 Å². The Morgan fingerprint density at radius 2 is 1.67 bits per heavy atom. The van der Waals surface area contributed by atoms with Crippen LogP contribution in [0.3, 0.4) is 0 Å². The van der Waals surface area contributed by atoms with Crippen LogP contribution in [0.5, 0.6) is 5.75 Å². The van der Waals surface area contributed by atoms with Gasteiger partial charge in [0.2, 0.25) is 0 Å². The molecule has 0 aliphatic rings. The SMILES string of the molecule is CCCCCc1cc(NS(=O)(=O)c2ccc(Br)cc2)c2ccccc2c1O. The van der Waals surface area contributed by atoms with E-state index in [1.54, 1.807) is 30.3 Å². The fraction of sp³-hybridized carbons (Fsp3) is 0.238. The number of fused-ring (bicyclic) bond motifs is 1. The average Bonchev–Trinajstić information content (AvgIpc) is 2.65. The summed E-state index contributed by atoms with van der Waals surface area (Å²) in [7, 11) is -3.73. The van der Waals surface area contributed by atoms with Crippen LogP contribution in [0.1, 0.15) is 31.7 Å². The summed E-state index contributed by atoms with van der Waals surface area (Å²) >= 11 is 3.32. The Morgan fingerprint density at radius 3 is 2.33 bits per heavy atom. The molecule has 27 heavy (non-hydrogen) atoms. The summed E-state index contributed by atoms with van der Waals surface area (Å²) in [5.41, 5.74) is 1.24. The lowest BCUT2D eigenvalue weighted by molar-refractivity contribution is 0.473. The molecule has 0 bridgehead atoms. The molecule has 0 radical (unpaired) electrons. The van der Waals surface area contributed by atoms with E-state index in [0.717, 1.165) is 29.3 Å². The molecule has 0 amide bonds. The highest BCUT2D eigenvalue weighted by Crippen LogP contribution is 2.36. The zero-order valence-electron chi connectivity index (χ0n) is 15.1. The predicted octanol–water partition coefficient (Wildman–Crippen LogP) is 5.84. The number of hydrogen-bond acceptors (Lipinski definition) is 3. The second-order valence-corrected chi connectivity index (χ2v) is 9.09. The molecule has 0 aromatic heterocycles. The molecule has 2 N–H and O–H groups in total. The maximum atomic E-state index is 12.8. The van der Waals surface area contributed by atoms with Crippen molar-refractivity contribution in [3.05, 3.63) is 64.6 Å². The minimum absolute atomic E-state index is 0.190. The third-order valence-corrected chi connectivity index (χ3v) is 6.42. The number of phenols is 1. The number of nitrogens with one attached hydrogen (secondary N) is 1. The average molecular weight is 448 g/mol. The number of unbranched alkanes of at least 4 members (excludes halogenated alkanes) is 2. The lowest BCUT2D eigenvalue weighted by Crippen LogP contribution is -2.13. The quantitative estimate of drug-likeness (QED) is 0.353. The first-order chi connectivity index (χ1) is 12.9. The molecule has 4 nitrogen and oxygen atoms in total. The lowest BCUT2D eigenvalue weighted by atomic mass is 9.99. The molecule has 0 heterocycles. The summed E-state index contributed by atoms with van der Waals surface area (Å²) in [6.07, 6.45) is 3.79. The number of sulfonamides is 1. The van der Waals surface area contributed by atoms with E-state index in [-0.39, 0.29) is 10.6 Å². The number of phenolic OH excluding ortho intramolecular Hbond substituents is 1. The Bertz CT molecular complexity index is 1050. The maximum Gasteiger partial charge on any atom is 0.261 e. The van der Waals surface area contributed by atoms with E-state index in [1.165, 1.54) is 0 Å². The van der Waals surface area contributed by atoms with Crippen LogP contribution < -0.4 is 4.72 Å². The van der Waals surface area contributed by atoms with Crippen LogP contribution in [0.25, 0.3) is 10.8 Å². The maximum absolute atomic E-state index is 12.8. The number of anilines is 1. The molecular formula is C21H22BrNO3S. The topological polar surface area (TPSA) is 66.4 Å². The number of aromatic hydroxyl groups is 1. The van der Waals surface area contributed by atoms with Gasteiger partial charge in [-0.3, -0.25) is 4.72 Å². The van der Waals surface area contributed by atoms with Crippen LogP contribution in [-0.4, -0.2) is 13.5 Å². The molecule has 142 valence electrons. The fourth-order valence-electron chi connectivity index (χ4n) is 3.08. The van der Waals surface area contributed by atoms with E-state index >= 15 is 0 Å². The zero-order chi connectivity index (χ0) is 19.4. The van der Waals surface area contributed by atoms with E-state index in [0.29, 0.717) is 22.9 Å². The van der Waals surface area contributed by atoms with Gasteiger partial charge in [0.25, 0.3) is 10.0 Å². The van der Waals surface area contributed by atoms with Gasteiger partial charge in [0.1, 0.15) is 5.75 Å². The zero-order valence-corrected chi connectivity index (χ0v) is 17.5. The molecule has 0 spiro atoms. The van der Waals surface area contributed by atoms with Crippen LogP contribution in [0.2, 0.25) is 0 Å². The largest absolute Gasteiger partial charge is 0.507 e. The van der Waals surface area contributed by atoms with Crippen molar-refractivity contribution < 1.29 is 13.5 Å². The number of hydrogen-bond donors (Lipinski definition) is 2. The van der Waals surface area contributed by atoms with Crippen LogP contribution in [0.15, 0.2) is 64.0 Å². The molecule has 3 aromatic carbocycles. The first-order valence-electron chi connectivity index (χ1n) is 8.94. The molecule has 0 unspecified atom stereocenters. The highest BCUT2D eigenvalue weighted by atomic mass is 79.9. The Hall–Kier alpha value is -2.05. The number of benzene rings is 3. The fourth-order valence-corrected chi connectivity index (χ4v) is 4.41. The van der Waals surface area contributed by atoms with E-state index in [9.17, 15) is 13.5 Å². The molecule has 3 rings (SSSR count). The van der Waals surface area contributed by atoms with Gasteiger partial charge < -0.3 is 5.11 Å². The van der Waals surface area contributed by atoms with E-state index < -0.39 is 10.0 Å². The van der Waals surface area contributed by atoms with Crippen LogP contribution in [-0.2, 0) is 16.4 Å². The van der Waals surface area contributed by atoms with Crippen molar-refractivity contribution in [3.63, 3.8) is 0 Å². The van der Waals surface area contributed by atoms with Crippen LogP contribution in [0, 0.1) is 0 Å². The van der Waals surface area contributed by atoms with Gasteiger partial charge in [-0.15, -0.1) is 0 Å². The van der Waals surface area contributed by atoms with Crippen molar-refractivity contribution in [2.24, 2.45) is 0 Å². The van der Waals surface area contributed by atoms with E-state index in [1.807, 2.05) is 24.3 Å². The summed E-state index contributed by atoms with van der Waals surface area (Å²) in [5.74, 6) is 0.230. The minimum Gasteiger partial charge on any atom is -0.507 e. The van der Waals surface area contributed by atoms with E-state index in [4.69, 9.17) is 0 Å². The van der Waals surface area contributed by atoms with Gasteiger partial charge in [-0.05, 0) is 48.7 Å². The van der Waals surface area contributed by atoms with Crippen LogP contribution in [0.4, 0.5) is 5.69 Å². The van der Waals surface area contributed by atoms with Gasteiger partial charge in [-0.2, -0.15) is 0 Å². The summed E-state index contributed by atoms with van der Waals surface area (Å²) in [4.78, 5) is 0.190. The third-order valence-electron chi connectivity index (χ3n) is 4.51. The van der Waals surface area contributed by atoms with Gasteiger partial charge in [0, 0.05) is 15.2 Å². The van der Waals surface area contributed by atoms with Gasteiger partial charge in [0.05, 0.1) is 10.6 Å². The molecule has 0 atom stereocenters. The number of aryl methyl sites for hydroxylation is 1.